The number of carbonyl (C=O) groups is 2. The first-order valence-corrected chi connectivity index (χ1v) is 10.0. The molecule has 1 atom stereocenters. The number of amides is 2. The van der Waals surface area contributed by atoms with Crippen molar-refractivity contribution in [3.63, 3.8) is 0 Å². The van der Waals surface area contributed by atoms with Crippen LogP contribution in [0.15, 0.2) is 43.0 Å². The molecular formula is C22H22FN5O5. The molecule has 0 saturated carbocycles. The van der Waals surface area contributed by atoms with E-state index in [9.17, 15) is 14.0 Å². The van der Waals surface area contributed by atoms with Crippen LogP contribution < -0.4 is 24.4 Å². The molecule has 33 heavy (non-hydrogen) atoms. The van der Waals surface area contributed by atoms with Gasteiger partial charge in [0.05, 0.1) is 32.9 Å². The number of ether oxygens (including phenoxy) is 3. The number of hydrogen-bond acceptors (Lipinski definition) is 7. The predicted octanol–water partition coefficient (Wildman–Crippen LogP) is 2.42. The van der Waals surface area contributed by atoms with E-state index in [1.807, 2.05) is 0 Å². The largest absolute Gasteiger partial charge is 0.493 e. The zero-order valence-electron chi connectivity index (χ0n) is 18.2. The van der Waals surface area contributed by atoms with Crippen molar-refractivity contribution in [2.75, 3.05) is 38.1 Å². The first kappa shape index (κ1) is 22.1. The number of anilines is 2. The van der Waals surface area contributed by atoms with Gasteiger partial charge in [0, 0.05) is 30.8 Å². The van der Waals surface area contributed by atoms with Gasteiger partial charge in [-0.15, -0.1) is 0 Å². The van der Waals surface area contributed by atoms with Gasteiger partial charge >= 0.3 is 0 Å². The van der Waals surface area contributed by atoms with Crippen molar-refractivity contribution in [1.29, 1.82) is 0 Å². The van der Waals surface area contributed by atoms with E-state index in [2.05, 4.69) is 15.4 Å². The van der Waals surface area contributed by atoms with Crippen LogP contribution in [0.25, 0.3) is 5.69 Å². The Kier molecular flexibility index (Phi) is 6.11. The third kappa shape index (κ3) is 4.29. The van der Waals surface area contributed by atoms with Crippen molar-refractivity contribution < 1.29 is 28.2 Å². The van der Waals surface area contributed by atoms with E-state index in [4.69, 9.17) is 14.2 Å². The molecule has 0 bridgehead atoms. The zero-order chi connectivity index (χ0) is 23.5. The Balaban J connectivity index is 1.49. The standard InChI is InChI=1S/C22H22FN5O5/c1-31-18-8-15(9-19(32-2)21(18)33-3)27-10-13(6-20(27)29)22(30)26-14-4-5-17(16(23)7-14)28-12-24-11-25-28/h4-5,7-9,11-13H,6,10H2,1-3H3,(H,26,30). The van der Waals surface area contributed by atoms with Crippen molar-refractivity contribution in [2.45, 2.75) is 6.42 Å². The Morgan fingerprint density at radius 2 is 1.85 bits per heavy atom. The highest BCUT2D eigenvalue weighted by Crippen LogP contribution is 2.42. The Hall–Kier alpha value is -4.15. The minimum absolute atomic E-state index is 0.0159. The molecule has 2 aromatic carbocycles. The van der Waals surface area contributed by atoms with Crippen molar-refractivity contribution >= 4 is 23.2 Å². The quantitative estimate of drug-likeness (QED) is 0.583. The average molecular weight is 455 g/mol. The third-order valence-electron chi connectivity index (χ3n) is 5.34. The lowest BCUT2D eigenvalue weighted by molar-refractivity contribution is -0.122. The maximum Gasteiger partial charge on any atom is 0.229 e. The molecule has 1 unspecified atom stereocenters. The summed E-state index contributed by atoms with van der Waals surface area (Å²) in [7, 11) is 4.45. The van der Waals surface area contributed by atoms with E-state index in [0.29, 0.717) is 22.9 Å². The first-order chi connectivity index (χ1) is 15.9. The van der Waals surface area contributed by atoms with Gasteiger partial charge in [0.2, 0.25) is 17.6 Å². The van der Waals surface area contributed by atoms with E-state index in [-0.39, 0.29) is 36.2 Å². The van der Waals surface area contributed by atoms with Crippen LogP contribution in [0.2, 0.25) is 0 Å². The summed E-state index contributed by atoms with van der Waals surface area (Å²) >= 11 is 0. The lowest BCUT2D eigenvalue weighted by Gasteiger charge is -2.20. The summed E-state index contributed by atoms with van der Waals surface area (Å²) in [6.07, 6.45) is 2.69. The van der Waals surface area contributed by atoms with Crippen LogP contribution in [-0.2, 0) is 9.59 Å². The van der Waals surface area contributed by atoms with Crippen LogP contribution in [0.4, 0.5) is 15.8 Å². The van der Waals surface area contributed by atoms with E-state index < -0.39 is 11.7 Å². The van der Waals surface area contributed by atoms with E-state index in [1.54, 1.807) is 18.2 Å². The van der Waals surface area contributed by atoms with E-state index >= 15 is 0 Å². The Bertz CT molecular complexity index is 1160. The molecule has 3 aromatic rings. The Labute approximate surface area is 188 Å². The topological polar surface area (TPSA) is 108 Å². The summed E-state index contributed by atoms with van der Waals surface area (Å²) in [6, 6.07) is 7.55. The van der Waals surface area contributed by atoms with Gasteiger partial charge in [-0.2, -0.15) is 5.10 Å². The summed E-state index contributed by atoms with van der Waals surface area (Å²) in [4.78, 5) is 30.8. The van der Waals surface area contributed by atoms with Gasteiger partial charge in [-0.3, -0.25) is 9.59 Å². The van der Waals surface area contributed by atoms with Crippen LogP contribution in [0.1, 0.15) is 6.42 Å². The zero-order valence-corrected chi connectivity index (χ0v) is 18.2. The van der Waals surface area contributed by atoms with Gasteiger partial charge in [-0.05, 0) is 18.2 Å². The van der Waals surface area contributed by atoms with Crippen molar-refractivity contribution in [2.24, 2.45) is 5.92 Å². The smallest absolute Gasteiger partial charge is 0.229 e. The number of nitrogens with one attached hydrogen (secondary N) is 1. The lowest BCUT2D eigenvalue weighted by Crippen LogP contribution is -2.28. The number of hydrogen-bond donors (Lipinski definition) is 1. The summed E-state index contributed by atoms with van der Waals surface area (Å²) in [6.45, 7) is 0.156. The summed E-state index contributed by atoms with van der Waals surface area (Å²) in [5.41, 5.74) is 1.00. The molecule has 1 N–H and O–H groups in total. The fourth-order valence-corrected chi connectivity index (χ4v) is 3.70. The molecule has 1 saturated heterocycles. The Morgan fingerprint density at radius 3 is 2.42 bits per heavy atom. The molecule has 11 heteroatoms. The minimum atomic E-state index is -0.616. The first-order valence-electron chi connectivity index (χ1n) is 10.0. The third-order valence-corrected chi connectivity index (χ3v) is 5.34. The van der Waals surface area contributed by atoms with Gasteiger partial charge in [-0.25, -0.2) is 14.1 Å². The number of methoxy groups -OCH3 is 3. The molecule has 0 aliphatic carbocycles. The molecule has 0 spiro atoms. The molecule has 0 radical (unpaired) electrons. The number of carbonyl (C=O) groups excluding carboxylic acids is 2. The van der Waals surface area contributed by atoms with Gasteiger partial charge < -0.3 is 24.4 Å². The Morgan fingerprint density at radius 1 is 1.12 bits per heavy atom. The maximum absolute atomic E-state index is 14.5. The molecule has 10 nitrogen and oxygen atoms in total. The molecule has 172 valence electrons. The second-order valence-electron chi connectivity index (χ2n) is 7.28. The van der Waals surface area contributed by atoms with E-state index in [1.165, 1.54) is 55.7 Å². The molecule has 1 aliphatic heterocycles. The highest BCUT2D eigenvalue weighted by atomic mass is 19.1. The van der Waals surface area contributed by atoms with Gasteiger partial charge in [0.1, 0.15) is 18.3 Å². The number of benzene rings is 2. The van der Waals surface area contributed by atoms with Gasteiger partial charge in [0.15, 0.2) is 17.3 Å². The van der Waals surface area contributed by atoms with Gasteiger partial charge in [0.25, 0.3) is 0 Å². The van der Waals surface area contributed by atoms with Crippen LogP contribution in [-0.4, -0.2) is 54.5 Å². The maximum atomic E-state index is 14.5. The van der Waals surface area contributed by atoms with Gasteiger partial charge in [-0.1, -0.05) is 0 Å². The fourth-order valence-electron chi connectivity index (χ4n) is 3.70. The monoisotopic (exact) mass is 455 g/mol. The SMILES string of the molecule is COc1cc(N2CC(C(=O)Nc3ccc(-n4cncn4)c(F)c3)CC2=O)cc(OC)c1OC. The second-order valence-corrected chi connectivity index (χ2v) is 7.28. The summed E-state index contributed by atoms with van der Waals surface area (Å²) in [5.74, 6) is -0.593. The molecule has 2 heterocycles. The molecule has 2 amide bonds. The molecule has 4 rings (SSSR count). The van der Waals surface area contributed by atoms with Crippen LogP contribution in [0.3, 0.4) is 0 Å². The fraction of sp³-hybridized carbons (Fsp3) is 0.273. The number of rotatable bonds is 7. The van der Waals surface area contributed by atoms with E-state index in [0.717, 1.165) is 0 Å². The number of aromatic nitrogens is 3. The number of halogens is 1. The molecule has 1 fully saturated rings. The minimum Gasteiger partial charge on any atom is -0.493 e. The molecule has 1 aliphatic rings. The normalized spacial score (nSPS) is 15.5. The summed E-state index contributed by atoms with van der Waals surface area (Å²) < 4.78 is 31.7. The van der Waals surface area contributed by atoms with Crippen LogP contribution >= 0.6 is 0 Å². The highest BCUT2D eigenvalue weighted by molar-refractivity contribution is 6.03. The lowest BCUT2D eigenvalue weighted by atomic mass is 10.1. The van der Waals surface area contributed by atoms with Crippen LogP contribution in [0, 0.1) is 11.7 Å². The molecule has 1 aromatic heterocycles. The second kappa shape index (κ2) is 9.15. The summed E-state index contributed by atoms with van der Waals surface area (Å²) in [5, 5.41) is 6.57. The van der Waals surface area contributed by atoms with Crippen LogP contribution in [0.5, 0.6) is 17.2 Å². The highest BCUT2D eigenvalue weighted by Gasteiger charge is 2.36. The molecular weight excluding hydrogens is 433 g/mol. The number of nitrogens with zero attached hydrogens (tertiary/aromatic N) is 4. The van der Waals surface area contributed by atoms with Crippen molar-refractivity contribution in [3.05, 3.63) is 48.8 Å². The predicted molar refractivity (Wildman–Crippen MR) is 117 cm³/mol. The van der Waals surface area contributed by atoms with Crippen molar-refractivity contribution in [3.8, 4) is 22.9 Å². The average Bonchev–Trinajstić information content (AvgIpc) is 3.48. The van der Waals surface area contributed by atoms with Crippen molar-refractivity contribution in [1.82, 2.24) is 14.8 Å².